The molecule has 0 radical (unpaired) electrons. The SMILES string of the molecule is C=CCC(C/C=C(\C)CCC[C@]1(C)CCCC=C1C=C)CCOC. The molecular formula is C23H38O. The van der Waals surface area contributed by atoms with Crippen molar-refractivity contribution in [1.82, 2.24) is 0 Å². The van der Waals surface area contributed by atoms with Gasteiger partial charge in [0.2, 0.25) is 0 Å². The van der Waals surface area contributed by atoms with Crippen LogP contribution in [0.5, 0.6) is 0 Å². The van der Waals surface area contributed by atoms with Crippen molar-refractivity contribution in [2.24, 2.45) is 11.3 Å². The Hall–Kier alpha value is -1.08. The molecule has 0 fully saturated rings. The van der Waals surface area contributed by atoms with Crippen LogP contribution in [0.1, 0.15) is 71.6 Å². The van der Waals surface area contributed by atoms with E-state index < -0.39 is 0 Å². The highest BCUT2D eigenvalue weighted by atomic mass is 16.5. The fourth-order valence-corrected chi connectivity index (χ4v) is 3.82. The van der Waals surface area contributed by atoms with Crippen molar-refractivity contribution >= 4 is 0 Å². The minimum Gasteiger partial charge on any atom is -0.385 e. The summed E-state index contributed by atoms with van der Waals surface area (Å²) in [4.78, 5) is 0. The van der Waals surface area contributed by atoms with Crippen molar-refractivity contribution < 1.29 is 4.74 Å². The lowest BCUT2D eigenvalue weighted by molar-refractivity contribution is 0.178. The molecule has 0 aromatic carbocycles. The summed E-state index contributed by atoms with van der Waals surface area (Å²) in [6.07, 6.45) is 19.9. The second-order valence-corrected chi connectivity index (χ2v) is 7.63. The first kappa shape index (κ1) is 21.0. The minimum atomic E-state index is 0.351. The van der Waals surface area contributed by atoms with E-state index in [0.717, 1.165) is 25.9 Å². The van der Waals surface area contributed by atoms with Crippen LogP contribution in [0.3, 0.4) is 0 Å². The smallest absolute Gasteiger partial charge is 0.0465 e. The fraction of sp³-hybridized carbons (Fsp3) is 0.652. The van der Waals surface area contributed by atoms with Crippen LogP contribution in [0.25, 0.3) is 0 Å². The van der Waals surface area contributed by atoms with E-state index in [9.17, 15) is 0 Å². The Bertz CT molecular complexity index is 443. The Morgan fingerprint density at radius 2 is 2.17 bits per heavy atom. The monoisotopic (exact) mass is 330 g/mol. The van der Waals surface area contributed by atoms with Gasteiger partial charge in [-0.2, -0.15) is 0 Å². The highest BCUT2D eigenvalue weighted by Crippen LogP contribution is 2.42. The molecule has 1 nitrogen and oxygen atoms in total. The Morgan fingerprint density at radius 1 is 1.38 bits per heavy atom. The second-order valence-electron chi connectivity index (χ2n) is 7.63. The molecule has 1 aliphatic rings. The molecule has 1 rings (SSSR count). The van der Waals surface area contributed by atoms with Crippen LogP contribution >= 0.6 is 0 Å². The lowest BCUT2D eigenvalue weighted by atomic mass is 9.71. The number of ether oxygens (including phenoxy) is 1. The number of allylic oxidation sites excluding steroid dienone is 6. The van der Waals surface area contributed by atoms with Crippen molar-refractivity contribution in [3.05, 3.63) is 48.6 Å². The molecule has 2 atom stereocenters. The Balaban J connectivity index is 2.42. The summed E-state index contributed by atoms with van der Waals surface area (Å²) in [6.45, 7) is 13.5. The van der Waals surface area contributed by atoms with E-state index in [0.29, 0.717) is 11.3 Å². The van der Waals surface area contributed by atoms with E-state index >= 15 is 0 Å². The molecule has 0 aromatic heterocycles. The third-order valence-corrected chi connectivity index (χ3v) is 5.54. The molecular weight excluding hydrogens is 292 g/mol. The summed E-state index contributed by atoms with van der Waals surface area (Å²) < 4.78 is 5.22. The molecule has 0 spiro atoms. The van der Waals surface area contributed by atoms with Crippen LogP contribution in [0.2, 0.25) is 0 Å². The van der Waals surface area contributed by atoms with Gasteiger partial charge in [-0.3, -0.25) is 0 Å². The summed E-state index contributed by atoms with van der Waals surface area (Å²) in [5.41, 5.74) is 3.36. The van der Waals surface area contributed by atoms with Crippen LogP contribution in [0, 0.1) is 11.3 Å². The van der Waals surface area contributed by atoms with Gasteiger partial charge in [-0.15, -0.1) is 6.58 Å². The van der Waals surface area contributed by atoms with E-state index in [1.165, 1.54) is 49.7 Å². The van der Waals surface area contributed by atoms with Gasteiger partial charge in [0.15, 0.2) is 0 Å². The van der Waals surface area contributed by atoms with Crippen LogP contribution in [0.4, 0.5) is 0 Å². The number of hydrogen-bond acceptors (Lipinski definition) is 1. The maximum Gasteiger partial charge on any atom is 0.0465 e. The van der Waals surface area contributed by atoms with Crippen molar-refractivity contribution in [2.75, 3.05) is 13.7 Å². The molecule has 136 valence electrons. The fourth-order valence-electron chi connectivity index (χ4n) is 3.82. The molecule has 0 aromatic rings. The summed E-state index contributed by atoms with van der Waals surface area (Å²) in [5.74, 6) is 0.670. The van der Waals surface area contributed by atoms with Crippen LogP contribution < -0.4 is 0 Å². The normalized spacial score (nSPS) is 22.8. The van der Waals surface area contributed by atoms with Crippen LogP contribution in [-0.4, -0.2) is 13.7 Å². The summed E-state index contributed by atoms with van der Waals surface area (Å²) in [5, 5.41) is 0. The Kier molecular flexibility index (Phi) is 10.0. The lowest BCUT2D eigenvalue weighted by Gasteiger charge is -2.34. The van der Waals surface area contributed by atoms with Gasteiger partial charge in [-0.25, -0.2) is 0 Å². The Morgan fingerprint density at radius 3 is 2.83 bits per heavy atom. The molecule has 0 heterocycles. The molecule has 24 heavy (non-hydrogen) atoms. The molecule has 1 heteroatoms. The molecule has 0 saturated carbocycles. The minimum absolute atomic E-state index is 0.351. The predicted octanol–water partition coefficient (Wildman–Crippen LogP) is 7.02. The van der Waals surface area contributed by atoms with Crippen molar-refractivity contribution in [1.29, 1.82) is 0 Å². The average molecular weight is 331 g/mol. The first-order valence-corrected chi connectivity index (χ1v) is 9.64. The van der Waals surface area contributed by atoms with Crippen molar-refractivity contribution in [2.45, 2.75) is 71.6 Å². The van der Waals surface area contributed by atoms with Crippen LogP contribution in [-0.2, 0) is 4.74 Å². The van der Waals surface area contributed by atoms with Crippen molar-refractivity contribution in [3.63, 3.8) is 0 Å². The van der Waals surface area contributed by atoms with Gasteiger partial charge in [0.05, 0.1) is 0 Å². The standard InChI is InChI=1S/C23H38O/c1-6-11-21(16-19-24-5)15-14-20(3)12-10-18-23(4)17-9-8-13-22(23)7-2/h6-7,13-14,21H,1-2,8-12,15-19H2,3-5H3/b20-14+/t21?,23-/m0/s1. The van der Waals surface area contributed by atoms with E-state index in [2.05, 4.69) is 45.2 Å². The number of rotatable bonds is 12. The van der Waals surface area contributed by atoms with Gasteiger partial charge in [0.25, 0.3) is 0 Å². The lowest BCUT2D eigenvalue weighted by Crippen LogP contribution is -2.21. The van der Waals surface area contributed by atoms with E-state index in [4.69, 9.17) is 4.74 Å². The van der Waals surface area contributed by atoms with Crippen LogP contribution in [0.15, 0.2) is 48.6 Å². The number of hydrogen-bond donors (Lipinski definition) is 0. The van der Waals surface area contributed by atoms with E-state index in [1.807, 2.05) is 6.08 Å². The maximum atomic E-state index is 5.22. The van der Waals surface area contributed by atoms with Gasteiger partial charge in [-0.1, -0.05) is 43.4 Å². The molecule has 0 N–H and O–H groups in total. The largest absolute Gasteiger partial charge is 0.385 e. The summed E-state index contributed by atoms with van der Waals surface area (Å²) >= 11 is 0. The highest BCUT2D eigenvalue weighted by Gasteiger charge is 2.28. The quantitative estimate of drug-likeness (QED) is 0.349. The molecule has 0 saturated heterocycles. The Labute approximate surface area is 150 Å². The van der Waals surface area contributed by atoms with Crippen molar-refractivity contribution in [3.8, 4) is 0 Å². The summed E-state index contributed by atoms with van der Waals surface area (Å²) in [6, 6.07) is 0. The van der Waals surface area contributed by atoms with E-state index in [1.54, 1.807) is 7.11 Å². The maximum absolute atomic E-state index is 5.22. The van der Waals surface area contributed by atoms with Gasteiger partial charge in [0, 0.05) is 13.7 Å². The molecule has 0 bridgehead atoms. The molecule has 0 aliphatic heterocycles. The van der Waals surface area contributed by atoms with E-state index in [-0.39, 0.29) is 0 Å². The topological polar surface area (TPSA) is 9.23 Å². The third kappa shape index (κ3) is 7.21. The zero-order valence-corrected chi connectivity index (χ0v) is 16.3. The van der Waals surface area contributed by atoms with Gasteiger partial charge in [-0.05, 0) is 81.6 Å². The molecule has 1 unspecified atom stereocenters. The number of methoxy groups -OCH3 is 1. The summed E-state index contributed by atoms with van der Waals surface area (Å²) in [7, 11) is 1.78. The average Bonchev–Trinajstić information content (AvgIpc) is 2.57. The third-order valence-electron chi connectivity index (χ3n) is 5.54. The molecule has 1 aliphatic carbocycles. The van der Waals surface area contributed by atoms with Gasteiger partial charge < -0.3 is 4.74 Å². The molecule has 0 amide bonds. The second kappa shape index (κ2) is 11.5. The van der Waals surface area contributed by atoms with Gasteiger partial charge >= 0.3 is 0 Å². The van der Waals surface area contributed by atoms with Gasteiger partial charge in [0.1, 0.15) is 0 Å². The first-order valence-electron chi connectivity index (χ1n) is 9.64. The zero-order chi connectivity index (χ0) is 17.8. The predicted molar refractivity (Wildman–Crippen MR) is 107 cm³/mol. The zero-order valence-electron chi connectivity index (χ0n) is 16.3. The highest BCUT2D eigenvalue weighted by molar-refractivity contribution is 5.26. The first-order chi connectivity index (χ1) is 11.6.